The first-order valence-electron chi connectivity index (χ1n) is 14.7. The fraction of sp³-hybridized carbons (Fsp3) is 0.171. The van der Waals surface area contributed by atoms with E-state index in [9.17, 15) is 9.18 Å². The summed E-state index contributed by atoms with van der Waals surface area (Å²) in [6.45, 7) is 3.66. The molecule has 1 atom stereocenters. The molecule has 1 aliphatic rings. The minimum Gasteiger partial charge on any atom is -0.493 e. The first-order valence-corrected chi connectivity index (χ1v) is 17.3. The number of benzene rings is 4. The van der Waals surface area contributed by atoms with Crippen LogP contribution in [0.4, 0.5) is 16.0 Å². The number of thioether (sulfide) groups is 1. The van der Waals surface area contributed by atoms with Gasteiger partial charge in [-0.1, -0.05) is 71.4 Å². The number of aromatic nitrogens is 3. The highest BCUT2D eigenvalue weighted by Gasteiger charge is 2.35. The van der Waals surface area contributed by atoms with Crippen LogP contribution in [0.15, 0.2) is 99.8 Å². The molecule has 0 saturated heterocycles. The number of ether oxygens (including phenoxy) is 2. The van der Waals surface area contributed by atoms with Crippen LogP contribution in [-0.4, -0.2) is 27.8 Å². The van der Waals surface area contributed by atoms with Gasteiger partial charge in [0.05, 0.1) is 22.2 Å². The first-order chi connectivity index (χ1) is 23.1. The second kappa shape index (κ2) is 14.6. The van der Waals surface area contributed by atoms with Crippen molar-refractivity contribution < 1.29 is 18.7 Å². The second-order valence-corrected chi connectivity index (χ2v) is 13.6. The number of nitrogens with zero attached hydrogens (tertiary/aromatic N) is 3. The van der Waals surface area contributed by atoms with Crippen molar-refractivity contribution in [3.8, 4) is 11.5 Å². The number of methoxy groups -OCH3 is 1. The molecule has 0 radical (unpaired) electrons. The van der Waals surface area contributed by atoms with Crippen LogP contribution in [-0.2, 0) is 17.2 Å². The van der Waals surface area contributed by atoms with Crippen LogP contribution < -0.4 is 20.1 Å². The zero-order valence-corrected chi connectivity index (χ0v) is 29.9. The SMILES string of the molecule is COc1cc(C2C(C(=O)Nc3cccc(C)c3)=C(C)Nc3nc(SCc4ccccc4Cl)nn32)cc(Br)c1OCc1c(F)cccc1Cl. The van der Waals surface area contributed by atoms with Crippen LogP contribution in [0.25, 0.3) is 0 Å². The van der Waals surface area contributed by atoms with Crippen LogP contribution >= 0.6 is 50.9 Å². The maximum absolute atomic E-state index is 14.5. The van der Waals surface area contributed by atoms with E-state index in [0.29, 0.717) is 60.4 Å². The van der Waals surface area contributed by atoms with E-state index < -0.39 is 11.9 Å². The van der Waals surface area contributed by atoms with Crippen molar-refractivity contribution in [3.63, 3.8) is 0 Å². The quantitative estimate of drug-likeness (QED) is 0.137. The van der Waals surface area contributed by atoms with Crippen LogP contribution in [0.5, 0.6) is 11.5 Å². The third-order valence-corrected chi connectivity index (χ3v) is 9.86. The predicted molar refractivity (Wildman–Crippen MR) is 192 cm³/mol. The van der Waals surface area contributed by atoms with Gasteiger partial charge in [-0.2, -0.15) is 4.98 Å². The molecule has 0 bridgehead atoms. The molecule has 0 aliphatic carbocycles. The minimum absolute atomic E-state index is 0.129. The monoisotopic (exact) mass is 767 g/mol. The molecule has 1 unspecified atom stereocenters. The van der Waals surface area contributed by atoms with Crippen molar-refractivity contribution in [2.24, 2.45) is 0 Å². The molecule has 8 nitrogen and oxygen atoms in total. The maximum atomic E-state index is 14.5. The van der Waals surface area contributed by atoms with Crippen molar-refractivity contribution >= 4 is 68.4 Å². The number of rotatable bonds is 10. The molecule has 0 spiro atoms. The molecule has 2 heterocycles. The molecule has 4 aromatic carbocycles. The lowest BCUT2D eigenvalue weighted by molar-refractivity contribution is -0.113. The Hall–Kier alpha value is -4.03. The fourth-order valence-electron chi connectivity index (χ4n) is 5.33. The van der Waals surface area contributed by atoms with Crippen LogP contribution in [0.3, 0.4) is 0 Å². The van der Waals surface area contributed by atoms with E-state index in [0.717, 1.165) is 11.1 Å². The largest absolute Gasteiger partial charge is 0.493 e. The number of hydrogen-bond acceptors (Lipinski definition) is 7. The number of allylic oxidation sites excluding steroid dienone is 1. The van der Waals surface area contributed by atoms with Crippen LogP contribution in [0.2, 0.25) is 10.0 Å². The van der Waals surface area contributed by atoms with E-state index in [2.05, 4.69) is 26.6 Å². The molecule has 13 heteroatoms. The summed E-state index contributed by atoms with van der Waals surface area (Å²) < 4.78 is 28.5. The molecule has 2 N–H and O–H groups in total. The van der Waals surface area contributed by atoms with E-state index in [1.54, 1.807) is 16.8 Å². The zero-order valence-electron chi connectivity index (χ0n) is 26.0. The number of carbonyl (C=O) groups excluding carboxylic acids is 1. The third kappa shape index (κ3) is 7.19. The summed E-state index contributed by atoms with van der Waals surface area (Å²) in [7, 11) is 1.51. The number of hydrogen-bond donors (Lipinski definition) is 2. The summed E-state index contributed by atoms with van der Waals surface area (Å²) in [4.78, 5) is 18.8. The molecule has 0 saturated carbocycles. The van der Waals surface area contributed by atoms with Crippen LogP contribution in [0.1, 0.15) is 35.2 Å². The van der Waals surface area contributed by atoms with Crippen LogP contribution in [0, 0.1) is 12.7 Å². The number of fused-ring (bicyclic) bond motifs is 1. The molecule has 1 aromatic heterocycles. The lowest BCUT2D eigenvalue weighted by Gasteiger charge is -2.29. The summed E-state index contributed by atoms with van der Waals surface area (Å²) in [5.41, 5.74) is 4.55. The predicted octanol–water partition coefficient (Wildman–Crippen LogP) is 9.60. The number of carbonyl (C=O) groups is 1. The van der Waals surface area contributed by atoms with Crippen molar-refractivity contribution in [3.05, 3.63) is 133 Å². The Labute approximate surface area is 299 Å². The highest BCUT2D eigenvalue weighted by atomic mass is 79.9. The number of aryl methyl sites for hydroxylation is 1. The Morgan fingerprint density at radius 1 is 1.06 bits per heavy atom. The van der Waals surface area contributed by atoms with E-state index in [1.807, 2.05) is 68.4 Å². The van der Waals surface area contributed by atoms with Gasteiger partial charge in [0.2, 0.25) is 11.1 Å². The molecule has 246 valence electrons. The summed E-state index contributed by atoms with van der Waals surface area (Å²) in [5, 5.41) is 12.6. The Morgan fingerprint density at radius 3 is 2.58 bits per heavy atom. The van der Waals surface area contributed by atoms with Gasteiger partial charge in [0, 0.05) is 27.7 Å². The molecule has 1 aliphatic heterocycles. The zero-order chi connectivity index (χ0) is 33.9. The number of amides is 1. The normalized spacial score (nSPS) is 13.9. The highest BCUT2D eigenvalue weighted by Crippen LogP contribution is 2.44. The van der Waals surface area contributed by atoms with E-state index in [1.165, 1.54) is 31.0 Å². The lowest BCUT2D eigenvalue weighted by atomic mass is 9.94. The average molecular weight is 770 g/mol. The first kappa shape index (κ1) is 33.9. The van der Waals surface area contributed by atoms with Crippen molar-refractivity contribution in [1.82, 2.24) is 14.8 Å². The smallest absolute Gasteiger partial charge is 0.255 e. The third-order valence-electron chi connectivity index (χ3n) is 7.66. The molecule has 6 rings (SSSR count). The molecular formula is C35H29BrCl2FN5O3S. The fourth-order valence-corrected chi connectivity index (χ4v) is 7.23. The van der Waals surface area contributed by atoms with Gasteiger partial charge in [-0.3, -0.25) is 4.79 Å². The topological polar surface area (TPSA) is 90.3 Å². The molecule has 0 fully saturated rings. The van der Waals surface area contributed by atoms with E-state index >= 15 is 0 Å². The minimum atomic E-state index is -0.714. The van der Waals surface area contributed by atoms with Gasteiger partial charge in [-0.25, -0.2) is 9.07 Å². The number of anilines is 2. The lowest BCUT2D eigenvalue weighted by Crippen LogP contribution is -2.31. The summed E-state index contributed by atoms with van der Waals surface area (Å²) in [6.07, 6.45) is 0. The molecular weight excluding hydrogens is 740 g/mol. The van der Waals surface area contributed by atoms with Gasteiger partial charge in [0.1, 0.15) is 18.5 Å². The van der Waals surface area contributed by atoms with Crippen molar-refractivity contribution in [1.29, 1.82) is 0 Å². The number of halogens is 4. The van der Waals surface area contributed by atoms with Gasteiger partial charge in [0.15, 0.2) is 11.5 Å². The summed E-state index contributed by atoms with van der Waals surface area (Å²) in [6, 6.07) is 22.5. The summed E-state index contributed by atoms with van der Waals surface area (Å²) in [5.74, 6) is 0.934. The Morgan fingerprint density at radius 2 is 1.83 bits per heavy atom. The highest BCUT2D eigenvalue weighted by molar-refractivity contribution is 9.10. The molecule has 48 heavy (non-hydrogen) atoms. The van der Waals surface area contributed by atoms with Crippen molar-refractivity contribution in [2.75, 3.05) is 17.7 Å². The molecule has 1 amide bonds. The van der Waals surface area contributed by atoms with Gasteiger partial charge < -0.3 is 20.1 Å². The van der Waals surface area contributed by atoms with Gasteiger partial charge in [-0.05, 0) is 88.9 Å². The van der Waals surface area contributed by atoms with Gasteiger partial charge in [0.25, 0.3) is 5.91 Å². The van der Waals surface area contributed by atoms with E-state index in [-0.39, 0.29) is 23.1 Å². The van der Waals surface area contributed by atoms with Gasteiger partial charge in [-0.15, -0.1) is 5.10 Å². The number of nitrogens with one attached hydrogen (secondary N) is 2. The Kier molecular flexibility index (Phi) is 10.3. The van der Waals surface area contributed by atoms with Crippen molar-refractivity contribution in [2.45, 2.75) is 37.4 Å². The average Bonchev–Trinajstić information content (AvgIpc) is 3.46. The standard InChI is InChI=1S/C35H29BrCl2FN5O3S/c1-19-8-6-10-23(14-19)41-33(45)30-20(2)40-34-42-35(48-18-21-9-4-5-11-26(21)37)43-44(34)31(30)22-15-25(36)32(29(16-22)46-3)47-17-24-27(38)12-7-13-28(24)39/h4-16,31H,17-18H2,1-3H3,(H,41,45)(H,40,42,43). The maximum Gasteiger partial charge on any atom is 0.255 e. The molecule has 5 aromatic rings. The Bertz CT molecular complexity index is 2040. The second-order valence-electron chi connectivity index (χ2n) is 11.0. The summed E-state index contributed by atoms with van der Waals surface area (Å²) >= 11 is 17.7. The Balaban J connectivity index is 1.38. The van der Waals surface area contributed by atoms with Gasteiger partial charge >= 0.3 is 0 Å². The van der Waals surface area contributed by atoms with E-state index in [4.69, 9.17) is 42.8 Å².